The molecule has 0 spiro atoms. The number of thioether (sulfide) groups is 1. The predicted molar refractivity (Wildman–Crippen MR) is 75.7 cm³/mol. The fourth-order valence-corrected chi connectivity index (χ4v) is 2.43. The second-order valence-corrected chi connectivity index (χ2v) is 5.06. The summed E-state index contributed by atoms with van der Waals surface area (Å²) in [5.41, 5.74) is 5.51. The van der Waals surface area contributed by atoms with Crippen molar-refractivity contribution in [1.29, 1.82) is 0 Å². The SMILES string of the molecule is Cc1nnc(SCC(=O)NC(=O)c2ccco2)n1CCN. The van der Waals surface area contributed by atoms with E-state index in [2.05, 4.69) is 15.5 Å². The molecular formula is C12H15N5O3S. The van der Waals surface area contributed by atoms with Gasteiger partial charge in [-0.05, 0) is 19.1 Å². The van der Waals surface area contributed by atoms with Crippen LogP contribution < -0.4 is 11.1 Å². The molecule has 2 aromatic heterocycles. The first-order valence-corrected chi connectivity index (χ1v) is 7.20. The summed E-state index contributed by atoms with van der Waals surface area (Å²) in [6, 6.07) is 3.06. The average Bonchev–Trinajstić information content (AvgIpc) is 3.09. The summed E-state index contributed by atoms with van der Waals surface area (Å²) in [7, 11) is 0. The second kappa shape index (κ2) is 7.04. The minimum atomic E-state index is -0.565. The zero-order chi connectivity index (χ0) is 15.2. The van der Waals surface area contributed by atoms with Crippen LogP contribution in [0.4, 0.5) is 0 Å². The fraction of sp³-hybridized carbons (Fsp3) is 0.333. The summed E-state index contributed by atoms with van der Waals surface area (Å²) >= 11 is 1.19. The van der Waals surface area contributed by atoms with Crippen LogP contribution >= 0.6 is 11.8 Å². The lowest BCUT2D eigenvalue weighted by Gasteiger charge is -2.06. The molecule has 2 amide bonds. The van der Waals surface area contributed by atoms with Crippen molar-refractivity contribution in [2.45, 2.75) is 18.6 Å². The van der Waals surface area contributed by atoms with Gasteiger partial charge in [-0.25, -0.2) is 0 Å². The summed E-state index contributed by atoms with van der Waals surface area (Å²) in [5.74, 6) is -0.119. The highest BCUT2D eigenvalue weighted by molar-refractivity contribution is 7.99. The van der Waals surface area contributed by atoms with Gasteiger partial charge in [0.15, 0.2) is 10.9 Å². The van der Waals surface area contributed by atoms with E-state index in [1.807, 2.05) is 11.5 Å². The van der Waals surface area contributed by atoms with Crippen molar-refractivity contribution in [2.75, 3.05) is 12.3 Å². The van der Waals surface area contributed by atoms with Crippen molar-refractivity contribution in [3.05, 3.63) is 30.0 Å². The Balaban J connectivity index is 1.88. The molecule has 0 unspecified atom stereocenters. The lowest BCUT2D eigenvalue weighted by molar-refractivity contribution is -0.117. The number of nitrogens with zero attached hydrogens (tertiary/aromatic N) is 3. The van der Waals surface area contributed by atoms with Crippen LogP contribution in [0.5, 0.6) is 0 Å². The molecule has 0 radical (unpaired) electrons. The van der Waals surface area contributed by atoms with Crippen LogP contribution in [0.25, 0.3) is 0 Å². The average molecular weight is 309 g/mol. The number of nitrogens with one attached hydrogen (secondary N) is 1. The zero-order valence-corrected chi connectivity index (χ0v) is 12.2. The standard InChI is InChI=1S/C12H15N5O3S/c1-8-15-16-12(17(8)5-4-13)21-7-10(18)14-11(19)9-3-2-6-20-9/h2-3,6H,4-5,7,13H2,1H3,(H,14,18,19). The molecule has 0 bridgehead atoms. The minimum absolute atomic E-state index is 0.0507. The molecule has 0 aliphatic rings. The molecule has 0 atom stereocenters. The van der Waals surface area contributed by atoms with E-state index in [9.17, 15) is 9.59 Å². The van der Waals surface area contributed by atoms with Gasteiger partial charge < -0.3 is 14.7 Å². The van der Waals surface area contributed by atoms with Gasteiger partial charge in [0.2, 0.25) is 5.91 Å². The molecule has 9 heteroatoms. The van der Waals surface area contributed by atoms with Crippen LogP contribution in [0.3, 0.4) is 0 Å². The fourth-order valence-electron chi connectivity index (χ4n) is 1.62. The molecule has 0 saturated carbocycles. The summed E-state index contributed by atoms with van der Waals surface area (Å²) in [5, 5.41) is 10.7. The highest BCUT2D eigenvalue weighted by Crippen LogP contribution is 2.16. The van der Waals surface area contributed by atoms with Crippen LogP contribution in [0.1, 0.15) is 16.4 Å². The third-order valence-corrected chi connectivity index (χ3v) is 3.55. The number of hydrogen-bond donors (Lipinski definition) is 2. The van der Waals surface area contributed by atoms with Gasteiger partial charge >= 0.3 is 0 Å². The van der Waals surface area contributed by atoms with Gasteiger partial charge in [0, 0.05) is 13.1 Å². The Hall–Kier alpha value is -2.13. The summed E-state index contributed by atoms with van der Waals surface area (Å²) in [6.07, 6.45) is 1.37. The smallest absolute Gasteiger partial charge is 0.293 e. The van der Waals surface area contributed by atoms with Gasteiger partial charge in [-0.2, -0.15) is 0 Å². The highest BCUT2D eigenvalue weighted by Gasteiger charge is 2.15. The van der Waals surface area contributed by atoms with Gasteiger partial charge in [-0.15, -0.1) is 10.2 Å². The molecule has 0 aromatic carbocycles. The molecule has 2 aromatic rings. The lowest BCUT2D eigenvalue weighted by Crippen LogP contribution is -2.31. The van der Waals surface area contributed by atoms with E-state index in [0.717, 1.165) is 5.82 Å². The Labute approximate surface area is 125 Å². The van der Waals surface area contributed by atoms with Crippen LogP contribution in [-0.2, 0) is 11.3 Å². The lowest BCUT2D eigenvalue weighted by atomic mass is 10.4. The predicted octanol–water partition coefficient (Wildman–Crippen LogP) is 0.187. The van der Waals surface area contributed by atoms with E-state index < -0.39 is 11.8 Å². The van der Waals surface area contributed by atoms with E-state index >= 15 is 0 Å². The number of hydrogen-bond acceptors (Lipinski definition) is 7. The highest BCUT2D eigenvalue weighted by atomic mass is 32.2. The zero-order valence-electron chi connectivity index (χ0n) is 11.4. The maximum atomic E-state index is 11.7. The number of nitrogens with two attached hydrogens (primary N) is 1. The molecule has 2 heterocycles. The molecular weight excluding hydrogens is 294 g/mol. The van der Waals surface area contributed by atoms with Crippen molar-refractivity contribution in [3.8, 4) is 0 Å². The van der Waals surface area contributed by atoms with Crippen LogP contribution in [0, 0.1) is 6.92 Å². The third-order valence-electron chi connectivity index (χ3n) is 2.58. The number of aryl methyl sites for hydroxylation is 1. The Bertz CT molecular complexity index is 623. The van der Waals surface area contributed by atoms with Crippen molar-refractivity contribution in [2.24, 2.45) is 5.73 Å². The van der Waals surface area contributed by atoms with Gasteiger partial charge in [0.25, 0.3) is 5.91 Å². The number of imide groups is 1. The van der Waals surface area contributed by atoms with E-state index in [1.54, 1.807) is 6.07 Å². The summed E-state index contributed by atoms with van der Waals surface area (Å²) < 4.78 is 6.73. The molecule has 0 aliphatic carbocycles. The molecule has 8 nitrogen and oxygen atoms in total. The van der Waals surface area contributed by atoms with Crippen molar-refractivity contribution in [3.63, 3.8) is 0 Å². The summed E-state index contributed by atoms with van der Waals surface area (Å²) in [6.45, 7) is 2.84. The van der Waals surface area contributed by atoms with Crippen LogP contribution in [-0.4, -0.2) is 38.9 Å². The molecule has 2 rings (SSSR count). The molecule has 0 aliphatic heterocycles. The van der Waals surface area contributed by atoms with E-state index in [1.165, 1.54) is 24.1 Å². The van der Waals surface area contributed by atoms with E-state index in [-0.39, 0.29) is 11.5 Å². The van der Waals surface area contributed by atoms with Gasteiger partial charge in [-0.1, -0.05) is 11.8 Å². The first-order valence-electron chi connectivity index (χ1n) is 6.22. The quantitative estimate of drug-likeness (QED) is 0.731. The number of furan rings is 1. The van der Waals surface area contributed by atoms with Gasteiger partial charge in [0.1, 0.15) is 5.82 Å². The van der Waals surface area contributed by atoms with E-state index in [4.69, 9.17) is 10.2 Å². The number of aromatic nitrogens is 3. The maximum Gasteiger partial charge on any atom is 0.293 e. The van der Waals surface area contributed by atoms with Crippen LogP contribution in [0.2, 0.25) is 0 Å². The molecule has 21 heavy (non-hydrogen) atoms. The van der Waals surface area contributed by atoms with Crippen molar-refractivity contribution >= 4 is 23.6 Å². The van der Waals surface area contributed by atoms with Crippen molar-refractivity contribution in [1.82, 2.24) is 20.1 Å². The normalized spacial score (nSPS) is 10.6. The number of rotatable bonds is 6. The van der Waals surface area contributed by atoms with Crippen LogP contribution in [0.15, 0.2) is 28.0 Å². The second-order valence-electron chi connectivity index (χ2n) is 4.11. The number of carbonyl (C=O) groups is 2. The Kier molecular flexibility index (Phi) is 5.12. The Morgan fingerprint density at radius 1 is 1.48 bits per heavy atom. The minimum Gasteiger partial charge on any atom is -0.459 e. The largest absolute Gasteiger partial charge is 0.459 e. The van der Waals surface area contributed by atoms with Gasteiger partial charge in [-0.3, -0.25) is 14.9 Å². The summed E-state index contributed by atoms with van der Waals surface area (Å²) in [4.78, 5) is 23.3. The Morgan fingerprint density at radius 2 is 2.29 bits per heavy atom. The maximum absolute atomic E-state index is 11.7. The first kappa shape index (κ1) is 15.3. The molecule has 0 fully saturated rings. The number of amides is 2. The first-order chi connectivity index (χ1) is 10.1. The number of carbonyl (C=O) groups excluding carboxylic acids is 2. The van der Waals surface area contributed by atoms with E-state index in [0.29, 0.717) is 18.2 Å². The topological polar surface area (TPSA) is 116 Å². The molecule has 3 N–H and O–H groups in total. The molecule has 112 valence electrons. The monoisotopic (exact) mass is 309 g/mol. The Morgan fingerprint density at radius 3 is 2.95 bits per heavy atom. The molecule has 0 saturated heterocycles. The van der Waals surface area contributed by atoms with Gasteiger partial charge in [0.05, 0.1) is 12.0 Å². The third kappa shape index (κ3) is 3.92. The van der Waals surface area contributed by atoms with Crippen molar-refractivity contribution < 1.29 is 14.0 Å².